The summed E-state index contributed by atoms with van der Waals surface area (Å²) in [5.41, 5.74) is 0. The number of hydrogen-bond donors (Lipinski definition) is 2. The Bertz CT molecular complexity index is 292. The summed E-state index contributed by atoms with van der Waals surface area (Å²) in [5, 5.41) is 20.7. The van der Waals surface area contributed by atoms with Gasteiger partial charge < -0.3 is 10.2 Å². The van der Waals surface area contributed by atoms with Crippen molar-refractivity contribution in [2.45, 2.75) is 51.0 Å². The van der Waals surface area contributed by atoms with Gasteiger partial charge in [0.25, 0.3) is 0 Å². The maximum atomic E-state index is 11.0. The maximum Gasteiger partial charge on any atom is 0.402 e. The van der Waals surface area contributed by atoms with E-state index < -0.39 is 12.0 Å². The second-order valence-electron chi connectivity index (χ2n) is 5.01. The molecule has 0 aromatic rings. The smallest absolute Gasteiger partial charge is 0.402 e. The number of hydrogen-bond acceptors (Lipinski definition) is 3. The van der Waals surface area contributed by atoms with E-state index in [0.29, 0.717) is 0 Å². The van der Waals surface area contributed by atoms with Crippen molar-refractivity contribution >= 4 is 5.84 Å². The first-order valence-corrected chi connectivity index (χ1v) is 6.56. The summed E-state index contributed by atoms with van der Waals surface area (Å²) in [4.78, 5) is 0. The molecule has 2 heterocycles. The lowest BCUT2D eigenvalue weighted by molar-refractivity contribution is -0.598. The largest absolute Gasteiger partial charge is 0.822 e. The molecule has 0 radical (unpaired) electrons. The van der Waals surface area contributed by atoms with Crippen LogP contribution in [0.2, 0.25) is 0 Å². The molecule has 0 fully saturated rings. The van der Waals surface area contributed by atoms with Gasteiger partial charge >= 0.3 is 6.18 Å². The molecule has 0 aromatic heterocycles. The summed E-state index contributed by atoms with van der Waals surface area (Å²) in [6, 6.07) is 0. The van der Waals surface area contributed by atoms with E-state index in [1.807, 2.05) is 0 Å². The summed E-state index contributed by atoms with van der Waals surface area (Å²) < 4.78 is 35.5. The Morgan fingerprint density at radius 3 is 2.32 bits per heavy atom. The van der Waals surface area contributed by atoms with E-state index in [0.717, 1.165) is 0 Å². The van der Waals surface area contributed by atoms with E-state index in [2.05, 4.69) is 9.89 Å². The molecule has 1 atom stereocenters. The van der Waals surface area contributed by atoms with E-state index in [-0.39, 0.29) is 6.92 Å². The van der Waals surface area contributed by atoms with Crippen LogP contribution in [0.25, 0.3) is 0 Å². The van der Waals surface area contributed by atoms with Gasteiger partial charge in [0.15, 0.2) is 0 Å². The first kappa shape index (κ1) is 16.2. The van der Waals surface area contributed by atoms with Gasteiger partial charge in [-0.15, -0.1) is 0 Å². The third-order valence-electron chi connectivity index (χ3n) is 3.18. The van der Waals surface area contributed by atoms with Crippen molar-refractivity contribution in [3.63, 3.8) is 0 Å². The molecule has 0 saturated heterocycles. The average molecular weight is 282 g/mol. The van der Waals surface area contributed by atoms with Gasteiger partial charge in [-0.3, -0.25) is 9.89 Å². The zero-order valence-electron chi connectivity index (χ0n) is 11.1. The fraction of sp³-hybridized carbons (Fsp3) is 0.917. The molecule has 0 bridgehead atoms. The molecule has 2 aliphatic rings. The Morgan fingerprint density at radius 1 is 1.16 bits per heavy atom. The standard InChI is InChI=1S/C9H16N2.C3H4F3O2/c1-2-5-9-10-6-4-8-11(9)7-3-1;1-2(7,8)3(4,5)6/h1-8H2;7H,1H3/q;-1/p+1. The first-order valence-electron chi connectivity index (χ1n) is 6.56. The van der Waals surface area contributed by atoms with Gasteiger partial charge in [-0.05, 0) is 26.2 Å². The van der Waals surface area contributed by atoms with Crippen LogP contribution in [0.5, 0.6) is 0 Å². The predicted molar refractivity (Wildman–Crippen MR) is 62.8 cm³/mol. The van der Waals surface area contributed by atoms with E-state index in [1.165, 1.54) is 57.6 Å². The number of nitrogens with one attached hydrogen (secondary N) is 1. The van der Waals surface area contributed by atoms with Gasteiger partial charge in [0.05, 0.1) is 25.4 Å². The minimum atomic E-state index is -5.06. The van der Waals surface area contributed by atoms with E-state index in [4.69, 9.17) is 5.11 Å². The molecule has 0 spiro atoms. The zero-order valence-corrected chi connectivity index (χ0v) is 11.1. The molecule has 2 N–H and O–H groups in total. The highest BCUT2D eigenvalue weighted by molar-refractivity contribution is 5.77. The minimum Gasteiger partial charge on any atom is -0.822 e. The normalized spacial score (nSPS) is 23.3. The van der Waals surface area contributed by atoms with Gasteiger partial charge in [-0.2, -0.15) is 13.2 Å². The van der Waals surface area contributed by atoms with Gasteiger partial charge in [0, 0.05) is 12.8 Å². The minimum absolute atomic E-state index is 0.146. The van der Waals surface area contributed by atoms with Crippen molar-refractivity contribution in [2.75, 3.05) is 19.6 Å². The summed E-state index contributed by atoms with van der Waals surface area (Å²) >= 11 is 0. The number of amidine groups is 1. The highest BCUT2D eigenvalue weighted by atomic mass is 19.4. The third-order valence-corrected chi connectivity index (χ3v) is 3.18. The first-order chi connectivity index (χ1) is 8.72. The van der Waals surface area contributed by atoms with Crippen LogP contribution in [0, 0.1) is 0 Å². The molecule has 1 unspecified atom stereocenters. The third kappa shape index (κ3) is 5.36. The van der Waals surface area contributed by atoms with Crippen molar-refractivity contribution in [3.05, 3.63) is 0 Å². The lowest BCUT2D eigenvalue weighted by atomic mass is 10.2. The Morgan fingerprint density at radius 2 is 1.74 bits per heavy atom. The molecule has 19 heavy (non-hydrogen) atoms. The quantitative estimate of drug-likeness (QED) is 0.505. The average Bonchev–Trinajstić information content (AvgIpc) is 2.51. The molecule has 0 saturated carbocycles. The van der Waals surface area contributed by atoms with Crippen LogP contribution in [-0.4, -0.2) is 47.1 Å². The van der Waals surface area contributed by atoms with Crippen LogP contribution < -0.4 is 10.4 Å². The molecule has 7 heteroatoms. The fourth-order valence-corrected chi connectivity index (χ4v) is 2.01. The molecule has 2 rings (SSSR count). The molecule has 2 aliphatic heterocycles. The molecular weight excluding hydrogens is 261 g/mol. The van der Waals surface area contributed by atoms with Crippen LogP contribution in [0.4, 0.5) is 13.2 Å². The monoisotopic (exact) mass is 282 g/mol. The second kappa shape index (κ2) is 6.56. The van der Waals surface area contributed by atoms with E-state index in [9.17, 15) is 18.3 Å². The zero-order chi connectivity index (χ0) is 14.5. The second-order valence-corrected chi connectivity index (χ2v) is 5.01. The number of aliphatic hydroxyl groups is 1. The molecule has 0 aromatic carbocycles. The van der Waals surface area contributed by atoms with Gasteiger partial charge in [-0.1, -0.05) is 0 Å². The molecule has 0 aliphatic carbocycles. The van der Waals surface area contributed by atoms with Gasteiger partial charge in [0.2, 0.25) is 5.84 Å². The van der Waals surface area contributed by atoms with E-state index in [1.54, 1.807) is 0 Å². The van der Waals surface area contributed by atoms with Crippen LogP contribution in [-0.2, 0) is 0 Å². The maximum absolute atomic E-state index is 11.0. The van der Waals surface area contributed by atoms with Crippen molar-refractivity contribution in [2.24, 2.45) is 0 Å². The summed E-state index contributed by atoms with van der Waals surface area (Å²) in [6.07, 6.45) is 1.75. The topological polar surface area (TPSA) is 58.3 Å². The van der Waals surface area contributed by atoms with Gasteiger partial charge in [0.1, 0.15) is 0 Å². The SMILES string of the molecule is C1CCC2=[N+](CC1)CCCN2.CC([O-])(O)C(F)(F)F. The Labute approximate surface area is 110 Å². The summed E-state index contributed by atoms with van der Waals surface area (Å²) in [6.45, 7) is 3.93. The fourth-order valence-electron chi connectivity index (χ4n) is 2.01. The lowest BCUT2D eigenvalue weighted by Crippen LogP contribution is -2.53. The molecule has 4 nitrogen and oxygen atoms in total. The van der Waals surface area contributed by atoms with Crippen LogP contribution in [0.1, 0.15) is 39.0 Å². The molecule has 0 amide bonds. The van der Waals surface area contributed by atoms with E-state index >= 15 is 0 Å². The highest BCUT2D eigenvalue weighted by Crippen LogP contribution is 2.24. The Hall–Kier alpha value is -0.820. The van der Waals surface area contributed by atoms with Gasteiger partial charge in [-0.25, -0.2) is 0 Å². The molecule has 112 valence electrons. The number of rotatable bonds is 0. The number of halogens is 3. The highest BCUT2D eigenvalue weighted by Gasteiger charge is 2.39. The Kier molecular flexibility index (Phi) is 5.61. The van der Waals surface area contributed by atoms with Crippen molar-refractivity contribution in [1.29, 1.82) is 0 Å². The number of alkyl halides is 3. The van der Waals surface area contributed by atoms with Crippen molar-refractivity contribution in [3.8, 4) is 0 Å². The van der Waals surface area contributed by atoms with Crippen LogP contribution >= 0.6 is 0 Å². The van der Waals surface area contributed by atoms with Crippen molar-refractivity contribution < 1.29 is 28.0 Å². The summed E-state index contributed by atoms with van der Waals surface area (Å²) in [7, 11) is 0. The van der Waals surface area contributed by atoms with Crippen LogP contribution in [0.3, 0.4) is 0 Å². The van der Waals surface area contributed by atoms with Crippen molar-refractivity contribution in [1.82, 2.24) is 5.32 Å². The number of nitrogens with zero attached hydrogens (tertiary/aromatic N) is 1. The lowest BCUT2D eigenvalue weighted by Gasteiger charge is -2.31. The van der Waals surface area contributed by atoms with Crippen LogP contribution in [0.15, 0.2) is 0 Å². The summed E-state index contributed by atoms with van der Waals surface area (Å²) in [5.74, 6) is -2.29. The predicted octanol–water partition coefficient (Wildman–Crippen LogP) is 0.582. The Balaban J connectivity index is 0.000000203. The molecular formula is C12H21F3N2O2.